The zero-order chi connectivity index (χ0) is 10.7. The van der Waals surface area contributed by atoms with Crippen LogP contribution in [0.5, 0.6) is 0 Å². The van der Waals surface area contributed by atoms with Crippen molar-refractivity contribution in [3.8, 4) is 0 Å². The van der Waals surface area contributed by atoms with Crippen LogP contribution in [0.3, 0.4) is 0 Å². The molecular formula is C11H20N2S2. The van der Waals surface area contributed by atoms with E-state index >= 15 is 0 Å². The number of nitrogens with zero attached hydrogens (tertiary/aromatic N) is 1. The van der Waals surface area contributed by atoms with Crippen molar-refractivity contribution in [3.63, 3.8) is 0 Å². The minimum Gasteiger partial charge on any atom is -0.361 e. The summed E-state index contributed by atoms with van der Waals surface area (Å²) in [5.74, 6) is 1.20. The van der Waals surface area contributed by atoms with Gasteiger partial charge in [-0.2, -0.15) is 11.8 Å². The molecule has 1 N–H and O–H groups in total. The molecule has 1 saturated carbocycles. The van der Waals surface area contributed by atoms with Gasteiger partial charge in [-0.25, -0.2) is 0 Å². The predicted molar refractivity (Wildman–Crippen MR) is 72.0 cm³/mol. The lowest BCUT2D eigenvalue weighted by molar-refractivity contribution is 0.657. The van der Waals surface area contributed by atoms with Crippen LogP contribution in [0, 0.1) is 0 Å². The average molecular weight is 244 g/mol. The van der Waals surface area contributed by atoms with Crippen molar-refractivity contribution in [1.29, 1.82) is 0 Å². The maximum Gasteiger partial charge on any atom is 0.157 e. The van der Waals surface area contributed by atoms with Crippen LogP contribution in [0.15, 0.2) is 4.99 Å². The Balaban J connectivity index is 1.92. The molecule has 3 atom stereocenters. The first-order valence-electron chi connectivity index (χ1n) is 5.83. The van der Waals surface area contributed by atoms with E-state index in [0.717, 1.165) is 5.25 Å². The summed E-state index contributed by atoms with van der Waals surface area (Å²) >= 11 is 3.89. The van der Waals surface area contributed by atoms with E-state index in [4.69, 9.17) is 4.99 Å². The molecule has 4 heteroatoms. The Morgan fingerprint density at radius 2 is 2.40 bits per heavy atom. The van der Waals surface area contributed by atoms with Gasteiger partial charge in [-0.3, -0.25) is 4.99 Å². The van der Waals surface area contributed by atoms with E-state index in [9.17, 15) is 0 Å². The lowest BCUT2D eigenvalue weighted by Gasteiger charge is -2.14. The summed E-state index contributed by atoms with van der Waals surface area (Å²) in [6.07, 6.45) is 7.42. The van der Waals surface area contributed by atoms with E-state index in [0.29, 0.717) is 12.1 Å². The Bertz CT molecular complexity index is 243. The molecule has 86 valence electrons. The Hall–Kier alpha value is 0.170. The molecule has 2 nitrogen and oxygen atoms in total. The van der Waals surface area contributed by atoms with E-state index in [1.807, 2.05) is 23.5 Å². The van der Waals surface area contributed by atoms with Crippen molar-refractivity contribution in [2.45, 2.75) is 49.9 Å². The quantitative estimate of drug-likeness (QED) is 0.826. The lowest BCUT2D eigenvalue weighted by atomic mass is 10.2. The molecule has 2 rings (SSSR count). The second-order valence-electron chi connectivity index (χ2n) is 4.27. The first-order chi connectivity index (χ1) is 7.33. The first-order valence-corrected chi connectivity index (χ1v) is 8.10. The summed E-state index contributed by atoms with van der Waals surface area (Å²) in [4.78, 5) is 4.87. The molecule has 0 spiro atoms. The lowest BCUT2D eigenvalue weighted by Crippen LogP contribution is -2.27. The van der Waals surface area contributed by atoms with Crippen LogP contribution in [0.2, 0.25) is 0 Å². The number of aliphatic imine (C=N–C) groups is 1. The number of rotatable bonds is 3. The molecular weight excluding hydrogens is 224 g/mol. The van der Waals surface area contributed by atoms with Gasteiger partial charge in [0.2, 0.25) is 0 Å². The first kappa shape index (κ1) is 11.6. The van der Waals surface area contributed by atoms with Gasteiger partial charge in [0.15, 0.2) is 5.17 Å². The number of amidine groups is 1. The Labute approximate surface area is 101 Å². The molecule has 0 bridgehead atoms. The van der Waals surface area contributed by atoms with Gasteiger partial charge >= 0.3 is 0 Å². The number of thioether (sulfide) groups is 2. The highest BCUT2D eigenvalue weighted by molar-refractivity contribution is 8.14. The molecule has 2 aliphatic rings. The molecule has 0 amide bonds. The Morgan fingerprint density at radius 1 is 1.53 bits per heavy atom. The van der Waals surface area contributed by atoms with Crippen LogP contribution in [-0.4, -0.2) is 34.5 Å². The van der Waals surface area contributed by atoms with Gasteiger partial charge in [0.1, 0.15) is 0 Å². The predicted octanol–water partition coefficient (Wildman–Crippen LogP) is 2.74. The van der Waals surface area contributed by atoms with Gasteiger partial charge in [-0.15, -0.1) is 0 Å². The highest BCUT2D eigenvalue weighted by Crippen LogP contribution is 2.31. The highest BCUT2D eigenvalue weighted by Gasteiger charge is 2.28. The second kappa shape index (κ2) is 5.48. The molecule has 0 aromatic rings. The molecule has 1 aliphatic heterocycles. The van der Waals surface area contributed by atoms with E-state index in [1.165, 1.54) is 36.6 Å². The van der Waals surface area contributed by atoms with Gasteiger partial charge in [0, 0.05) is 17.0 Å². The van der Waals surface area contributed by atoms with Gasteiger partial charge in [0.25, 0.3) is 0 Å². The summed E-state index contributed by atoms with van der Waals surface area (Å²) in [6.45, 7) is 2.24. The highest BCUT2D eigenvalue weighted by atomic mass is 32.2. The van der Waals surface area contributed by atoms with Crippen molar-refractivity contribution in [2.24, 2.45) is 4.99 Å². The summed E-state index contributed by atoms with van der Waals surface area (Å²) in [6, 6.07) is 1.23. The van der Waals surface area contributed by atoms with Crippen LogP contribution in [0.1, 0.15) is 32.6 Å². The molecule has 1 saturated heterocycles. The maximum absolute atomic E-state index is 4.87. The fraction of sp³-hybridized carbons (Fsp3) is 0.909. The summed E-state index contributed by atoms with van der Waals surface area (Å²) in [5, 5.41) is 5.48. The SMILES string of the molecule is CCC1CSC(=NC2CCCC2SC)N1. The van der Waals surface area contributed by atoms with Gasteiger partial charge in [-0.1, -0.05) is 25.1 Å². The number of hydrogen-bond acceptors (Lipinski definition) is 3. The fourth-order valence-corrected chi connectivity index (χ4v) is 4.26. The zero-order valence-electron chi connectivity index (χ0n) is 9.53. The third-order valence-electron chi connectivity index (χ3n) is 3.25. The third kappa shape index (κ3) is 2.84. The van der Waals surface area contributed by atoms with E-state index < -0.39 is 0 Å². The number of nitrogens with one attached hydrogen (secondary N) is 1. The fourth-order valence-electron chi connectivity index (χ4n) is 2.21. The largest absolute Gasteiger partial charge is 0.361 e. The van der Waals surface area contributed by atoms with Crippen molar-refractivity contribution < 1.29 is 0 Å². The Kier molecular flexibility index (Phi) is 4.26. The maximum atomic E-state index is 4.87. The summed E-state index contributed by atoms with van der Waals surface area (Å²) in [7, 11) is 0. The monoisotopic (exact) mass is 244 g/mol. The van der Waals surface area contributed by atoms with Crippen molar-refractivity contribution in [1.82, 2.24) is 5.32 Å². The Morgan fingerprint density at radius 3 is 3.07 bits per heavy atom. The molecule has 3 unspecified atom stereocenters. The topological polar surface area (TPSA) is 24.4 Å². The van der Waals surface area contributed by atoms with Crippen molar-refractivity contribution in [3.05, 3.63) is 0 Å². The van der Waals surface area contributed by atoms with E-state index in [2.05, 4.69) is 18.5 Å². The molecule has 0 aromatic carbocycles. The van der Waals surface area contributed by atoms with Crippen LogP contribution in [0.25, 0.3) is 0 Å². The summed E-state index contributed by atoms with van der Waals surface area (Å²) in [5.41, 5.74) is 0. The van der Waals surface area contributed by atoms with Crippen LogP contribution in [0.4, 0.5) is 0 Å². The molecule has 15 heavy (non-hydrogen) atoms. The van der Waals surface area contributed by atoms with Crippen molar-refractivity contribution >= 4 is 28.7 Å². The molecule has 1 aliphatic carbocycles. The second-order valence-corrected chi connectivity index (χ2v) is 6.35. The molecule has 1 heterocycles. The normalized spacial score (nSPS) is 38.5. The standard InChI is InChI=1S/C11H20N2S2/c1-3-8-7-15-11(12-8)13-9-5-4-6-10(9)14-2/h8-10H,3-7H2,1-2H3,(H,12,13). The molecule has 0 aromatic heterocycles. The van der Waals surface area contributed by atoms with Crippen LogP contribution < -0.4 is 5.32 Å². The minimum absolute atomic E-state index is 0.575. The number of hydrogen-bond donors (Lipinski definition) is 1. The smallest absolute Gasteiger partial charge is 0.157 e. The van der Waals surface area contributed by atoms with Crippen LogP contribution in [-0.2, 0) is 0 Å². The van der Waals surface area contributed by atoms with Crippen molar-refractivity contribution in [2.75, 3.05) is 12.0 Å². The summed E-state index contributed by atoms with van der Waals surface area (Å²) < 4.78 is 0. The van der Waals surface area contributed by atoms with Gasteiger partial charge in [-0.05, 0) is 25.5 Å². The molecule has 2 fully saturated rings. The van der Waals surface area contributed by atoms with E-state index in [-0.39, 0.29) is 0 Å². The third-order valence-corrected chi connectivity index (χ3v) is 5.47. The minimum atomic E-state index is 0.575. The average Bonchev–Trinajstić information content (AvgIpc) is 2.87. The zero-order valence-corrected chi connectivity index (χ0v) is 11.2. The van der Waals surface area contributed by atoms with Crippen LogP contribution >= 0.6 is 23.5 Å². The van der Waals surface area contributed by atoms with Gasteiger partial charge in [0.05, 0.1) is 6.04 Å². The van der Waals surface area contributed by atoms with E-state index in [1.54, 1.807) is 0 Å². The van der Waals surface area contributed by atoms with Gasteiger partial charge < -0.3 is 5.32 Å². The molecule has 0 radical (unpaired) electrons.